The van der Waals surface area contributed by atoms with Crippen molar-refractivity contribution in [3.8, 4) is 34.4 Å². The molecule has 2 heterocycles. The van der Waals surface area contributed by atoms with Crippen molar-refractivity contribution in [3.63, 3.8) is 0 Å². The third-order valence-electron chi connectivity index (χ3n) is 3.17. The van der Waals surface area contributed by atoms with Gasteiger partial charge in [-0.2, -0.15) is 13.2 Å². The Balaban J connectivity index is 0.000000345. The minimum atomic E-state index is -5.08. The van der Waals surface area contributed by atoms with E-state index in [2.05, 4.69) is 15.2 Å². The lowest BCUT2D eigenvalue weighted by Gasteiger charge is -2.05. The van der Waals surface area contributed by atoms with Gasteiger partial charge in [-0.05, 0) is 24.3 Å². The molecule has 0 spiro atoms. The first-order valence-electron chi connectivity index (χ1n) is 7.52. The van der Waals surface area contributed by atoms with Gasteiger partial charge in [0, 0.05) is 24.0 Å². The van der Waals surface area contributed by atoms with E-state index in [0.29, 0.717) is 23.3 Å². The van der Waals surface area contributed by atoms with Crippen LogP contribution in [0.4, 0.5) is 13.2 Å². The van der Waals surface area contributed by atoms with Crippen molar-refractivity contribution in [1.82, 2.24) is 15.2 Å². The van der Waals surface area contributed by atoms with E-state index in [4.69, 9.17) is 23.8 Å². The van der Waals surface area contributed by atoms with E-state index in [-0.39, 0.29) is 0 Å². The molecule has 0 saturated heterocycles. The van der Waals surface area contributed by atoms with E-state index >= 15 is 0 Å². The summed E-state index contributed by atoms with van der Waals surface area (Å²) in [6, 6.07) is 9.07. The molecule has 8 nitrogen and oxygen atoms in total. The molecule has 148 valence electrons. The molecule has 28 heavy (non-hydrogen) atoms. The number of carbonyl (C=O) groups is 1. The van der Waals surface area contributed by atoms with Gasteiger partial charge < -0.3 is 19.0 Å². The molecule has 11 heteroatoms. The van der Waals surface area contributed by atoms with Gasteiger partial charge in [0.15, 0.2) is 0 Å². The number of rotatable bonds is 4. The van der Waals surface area contributed by atoms with Crippen LogP contribution in [0.2, 0.25) is 0 Å². The number of ether oxygens (including phenoxy) is 2. The van der Waals surface area contributed by atoms with Crippen LogP contribution in [0.15, 0.2) is 47.1 Å². The smallest absolute Gasteiger partial charge is 0.490 e. The van der Waals surface area contributed by atoms with Crippen molar-refractivity contribution >= 4 is 5.97 Å². The lowest BCUT2D eigenvalue weighted by atomic mass is 10.2. The molecule has 0 bridgehead atoms. The Hall–Kier alpha value is -3.63. The minimum Gasteiger partial charge on any atom is -0.497 e. The Labute approximate surface area is 156 Å². The average molecular weight is 397 g/mol. The van der Waals surface area contributed by atoms with Crippen molar-refractivity contribution in [2.45, 2.75) is 6.18 Å². The van der Waals surface area contributed by atoms with E-state index in [1.165, 1.54) is 0 Å². The summed E-state index contributed by atoms with van der Waals surface area (Å²) in [5.41, 5.74) is 1.50. The van der Waals surface area contributed by atoms with Gasteiger partial charge >= 0.3 is 12.1 Å². The lowest BCUT2D eigenvalue weighted by molar-refractivity contribution is -0.192. The molecular formula is C17H14F3N3O5. The number of aliphatic carboxylic acids is 1. The normalized spacial score (nSPS) is 10.6. The number of alkyl halides is 3. The zero-order valence-electron chi connectivity index (χ0n) is 14.6. The first-order chi connectivity index (χ1) is 13.2. The number of pyridine rings is 1. The van der Waals surface area contributed by atoms with Gasteiger partial charge in [-0.3, -0.25) is 4.98 Å². The van der Waals surface area contributed by atoms with Crippen molar-refractivity contribution in [1.29, 1.82) is 0 Å². The average Bonchev–Trinajstić information content (AvgIpc) is 3.18. The third kappa shape index (κ3) is 5.43. The largest absolute Gasteiger partial charge is 0.497 e. The molecule has 0 unspecified atom stereocenters. The number of hydrogen-bond donors (Lipinski definition) is 1. The van der Waals surface area contributed by atoms with E-state index in [1.54, 1.807) is 32.7 Å². The van der Waals surface area contributed by atoms with Crippen LogP contribution in [0.1, 0.15) is 0 Å². The van der Waals surface area contributed by atoms with Crippen LogP contribution >= 0.6 is 0 Å². The summed E-state index contributed by atoms with van der Waals surface area (Å²) in [7, 11) is 3.18. The van der Waals surface area contributed by atoms with Crippen molar-refractivity contribution in [2.24, 2.45) is 0 Å². The summed E-state index contributed by atoms with van der Waals surface area (Å²) in [6.07, 6.45) is -1.73. The van der Waals surface area contributed by atoms with Crippen LogP contribution in [0.5, 0.6) is 11.5 Å². The fourth-order valence-corrected chi connectivity index (χ4v) is 1.88. The number of aromatic nitrogens is 3. The molecule has 2 aromatic heterocycles. The number of halogens is 3. The first-order valence-corrected chi connectivity index (χ1v) is 7.52. The molecule has 0 aliphatic heterocycles. The van der Waals surface area contributed by atoms with Crippen LogP contribution in [0.3, 0.4) is 0 Å². The monoisotopic (exact) mass is 397 g/mol. The summed E-state index contributed by atoms with van der Waals surface area (Å²) < 4.78 is 47.9. The summed E-state index contributed by atoms with van der Waals surface area (Å²) in [5, 5.41) is 15.2. The SMILES string of the molecule is COc1cc(OC)cc(-c2nnc(-c3cccnc3)o2)c1.O=C(O)C(F)(F)F. The van der Waals surface area contributed by atoms with Gasteiger partial charge in [0.2, 0.25) is 11.8 Å². The third-order valence-corrected chi connectivity index (χ3v) is 3.17. The predicted octanol–water partition coefficient (Wildman–Crippen LogP) is 3.45. The Bertz CT molecular complexity index is 907. The molecule has 0 atom stereocenters. The second kappa shape index (κ2) is 8.84. The molecule has 1 N–H and O–H groups in total. The molecule has 0 aliphatic rings. The second-order valence-corrected chi connectivity index (χ2v) is 5.06. The number of methoxy groups -OCH3 is 2. The predicted molar refractivity (Wildman–Crippen MR) is 89.8 cm³/mol. The highest BCUT2D eigenvalue weighted by molar-refractivity contribution is 5.73. The highest BCUT2D eigenvalue weighted by Crippen LogP contribution is 2.30. The maximum absolute atomic E-state index is 10.6. The standard InChI is InChI=1S/C15H13N3O3.C2HF3O2/c1-19-12-6-11(7-13(8-12)20-2)15-18-17-14(21-15)10-4-3-5-16-9-10;3-2(4,5)1(6)7/h3-9H,1-2H3;(H,6,7). The van der Waals surface area contributed by atoms with Crippen LogP contribution < -0.4 is 9.47 Å². The van der Waals surface area contributed by atoms with Gasteiger partial charge in [0.1, 0.15) is 11.5 Å². The molecule has 1 aromatic carbocycles. The van der Waals surface area contributed by atoms with Crippen molar-refractivity contribution in [2.75, 3.05) is 14.2 Å². The minimum absolute atomic E-state index is 0.394. The topological polar surface area (TPSA) is 108 Å². The van der Waals surface area contributed by atoms with Crippen molar-refractivity contribution in [3.05, 3.63) is 42.7 Å². The molecular weight excluding hydrogens is 383 g/mol. The highest BCUT2D eigenvalue weighted by Gasteiger charge is 2.38. The number of nitrogens with zero attached hydrogens (tertiary/aromatic N) is 3. The molecule has 3 aromatic rings. The number of benzene rings is 1. The van der Waals surface area contributed by atoms with Crippen LogP contribution in [-0.2, 0) is 4.79 Å². The Morgan fingerprint density at radius 1 is 1.04 bits per heavy atom. The second-order valence-electron chi connectivity index (χ2n) is 5.06. The Kier molecular flexibility index (Phi) is 6.53. The van der Waals surface area contributed by atoms with E-state index in [1.807, 2.05) is 24.3 Å². The summed E-state index contributed by atoms with van der Waals surface area (Å²) in [5.74, 6) is -0.630. The summed E-state index contributed by atoms with van der Waals surface area (Å²) in [6.45, 7) is 0. The van der Waals surface area contributed by atoms with E-state index in [9.17, 15) is 13.2 Å². The van der Waals surface area contributed by atoms with Gasteiger partial charge in [-0.25, -0.2) is 4.79 Å². The fourth-order valence-electron chi connectivity index (χ4n) is 1.88. The fraction of sp³-hybridized carbons (Fsp3) is 0.176. The molecule has 0 aliphatic carbocycles. The van der Waals surface area contributed by atoms with Crippen LogP contribution in [0.25, 0.3) is 22.9 Å². The highest BCUT2D eigenvalue weighted by atomic mass is 19.4. The zero-order chi connectivity index (χ0) is 20.7. The molecule has 0 radical (unpaired) electrons. The molecule has 0 fully saturated rings. The van der Waals surface area contributed by atoms with Gasteiger partial charge in [-0.15, -0.1) is 10.2 Å². The van der Waals surface area contributed by atoms with Gasteiger partial charge in [-0.1, -0.05) is 0 Å². The molecule has 3 rings (SSSR count). The van der Waals surface area contributed by atoms with Gasteiger partial charge in [0.25, 0.3) is 0 Å². The van der Waals surface area contributed by atoms with Crippen molar-refractivity contribution < 1.29 is 37.0 Å². The molecule has 0 saturated carbocycles. The molecule has 0 amide bonds. The number of carboxylic acid groups (broad SMARTS) is 1. The Morgan fingerprint density at radius 3 is 2.00 bits per heavy atom. The van der Waals surface area contributed by atoms with Crippen LogP contribution in [-0.4, -0.2) is 46.7 Å². The number of hydrogen-bond acceptors (Lipinski definition) is 7. The Morgan fingerprint density at radius 2 is 1.57 bits per heavy atom. The maximum atomic E-state index is 10.6. The quantitative estimate of drug-likeness (QED) is 0.713. The maximum Gasteiger partial charge on any atom is 0.490 e. The summed E-state index contributed by atoms with van der Waals surface area (Å²) in [4.78, 5) is 12.9. The lowest BCUT2D eigenvalue weighted by Crippen LogP contribution is -2.21. The zero-order valence-corrected chi connectivity index (χ0v) is 14.6. The van der Waals surface area contributed by atoms with E-state index in [0.717, 1.165) is 11.1 Å². The van der Waals surface area contributed by atoms with Gasteiger partial charge in [0.05, 0.1) is 19.8 Å². The first kappa shape index (κ1) is 20.7. The summed E-state index contributed by atoms with van der Waals surface area (Å²) >= 11 is 0. The van der Waals surface area contributed by atoms with E-state index < -0.39 is 12.1 Å². The number of carboxylic acids is 1. The van der Waals surface area contributed by atoms with Crippen LogP contribution in [0, 0.1) is 0 Å².